The van der Waals surface area contributed by atoms with Gasteiger partial charge in [-0.15, -0.1) is 0 Å². The topological polar surface area (TPSA) is 26.3 Å². The SMILES string of the molecule is CCCCOC(=O)c1ccc(F)cc1Cl. The molecule has 0 spiro atoms. The van der Waals surface area contributed by atoms with Crippen LogP contribution >= 0.6 is 11.6 Å². The number of ether oxygens (including phenoxy) is 1. The molecule has 0 aliphatic carbocycles. The number of hydrogen-bond acceptors (Lipinski definition) is 2. The summed E-state index contributed by atoms with van der Waals surface area (Å²) in [5, 5.41) is 0.0801. The largest absolute Gasteiger partial charge is 0.462 e. The van der Waals surface area contributed by atoms with Crippen LogP contribution in [0.2, 0.25) is 5.02 Å². The molecule has 0 fully saturated rings. The summed E-state index contributed by atoms with van der Waals surface area (Å²) in [4.78, 5) is 11.4. The van der Waals surface area contributed by atoms with E-state index in [1.807, 2.05) is 6.92 Å². The summed E-state index contributed by atoms with van der Waals surface area (Å²) in [6.45, 7) is 2.36. The van der Waals surface area contributed by atoms with Gasteiger partial charge < -0.3 is 4.74 Å². The fourth-order valence-corrected chi connectivity index (χ4v) is 1.29. The van der Waals surface area contributed by atoms with Crippen LogP contribution in [-0.4, -0.2) is 12.6 Å². The number of carbonyl (C=O) groups excluding carboxylic acids is 1. The van der Waals surface area contributed by atoms with Gasteiger partial charge in [-0.2, -0.15) is 0 Å². The monoisotopic (exact) mass is 230 g/mol. The molecule has 0 saturated heterocycles. The molecule has 0 aliphatic rings. The molecule has 0 bridgehead atoms. The number of benzene rings is 1. The highest BCUT2D eigenvalue weighted by Crippen LogP contribution is 2.18. The highest BCUT2D eigenvalue weighted by molar-refractivity contribution is 6.33. The molecule has 0 aromatic heterocycles. The van der Waals surface area contributed by atoms with Crippen LogP contribution in [0.1, 0.15) is 30.1 Å². The fraction of sp³-hybridized carbons (Fsp3) is 0.364. The minimum absolute atomic E-state index is 0.0801. The third-order valence-corrected chi connectivity index (χ3v) is 2.19. The van der Waals surface area contributed by atoms with Crippen LogP contribution in [0.4, 0.5) is 4.39 Å². The van der Waals surface area contributed by atoms with Crippen molar-refractivity contribution in [3.63, 3.8) is 0 Å². The molecule has 82 valence electrons. The predicted octanol–water partition coefficient (Wildman–Crippen LogP) is 3.44. The minimum atomic E-state index is -0.506. The van der Waals surface area contributed by atoms with Crippen molar-refractivity contribution in [2.75, 3.05) is 6.61 Å². The number of unbranched alkanes of at least 4 members (excludes halogenated alkanes) is 1. The molecule has 0 N–H and O–H groups in total. The van der Waals surface area contributed by atoms with Gasteiger partial charge in [0.25, 0.3) is 0 Å². The van der Waals surface area contributed by atoms with Crippen molar-refractivity contribution < 1.29 is 13.9 Å². The van der Waals surface area contributed by atoms with Crippen LogP contribution in [0.5, 0.6) is 0 Å². The molecule has 15 heavy (non-hydrogen) atoms. The molecule has 0 radical (unpaired) electrons. The second-order valence-corrected chi connectivity index (χ2v) is 3.52. The lowest BCUT2D eigenvalue weighted by Gasteiger charge is -2.05. The standard InChI is InChI=1S/C11H12ClFO2/c1-2-3-6-15-11(14)9-5-4-8(13)7-10(9)12/h4-5,7H,2-3,6H2,1H3. The molecule has 0 aliphatic heterocycles. The van der Waals surface area contributed by atoms with Crippen molar-refractivity contribution in [3.05, 3.63) is 34.6 Å². The van der Waals surface area contributed by atoms with Gasteiger partial charge in [-0.25, -0.2) is 9.18 Å². The van der Waals surface area contributed by atoms with E-state index in [4.69, 9.17) is 16.3 Å². The van der Waals surface area contributed by atoms with E-state index in [-0.39, 0.29) is 10.6 Å². The summed E-state index contributed by atoms with van der Waals surface area (Å²) >= 11 is 5.70. The van der Waals surface area contributed by atoms with Gasteiger partial charge in [-0.3, -0.25) is 0 Å². The number of halogens is 2. The summed E-state index contributed by atoms with van der Waals surface area (Å²) in [6, 6.07) is 3.60. The molecule has 0 amide bonds. The van der Waals surface area contributed by atoms with E-state index in [1.54, 1.807) is 0 Å². The zero-order valence-corrected chi connectivity index (χ0v) is 9.18. The van der Waals surface area contributed by atoms with E-state index in [2.05, 4.69) is 0 Å². The van der Waals surface area contributed by atoms with Crippen molar-refractivity contribution in [1.29, 1.82) is 0 Å². The van der Waals surface area contributed by atoms with E-state index in [1.165, 1.54) is 12.1 Å². The molecular formula is C11H12ClFO2. The third kappa shape index (κ3) is 3.51. The van der Waals surface area contributed by atoms with Crippen molar-refractivity contribution in [3.8, 4) is 0 Å². The normalized spacial score (nSPS) is 10.1. The van der Waals surface area contributed by atoms with Crippen LogP contribution in [0, 0.1) is 5.82 Å². The van der Waals surface area contributed by atoms with Crippen molar-refractivity contribution in [2.24, 2.45) is 0 Å². The lowest BCUT2D eigenvalue weighted by Crippen LogP contribution is -2.07. The Hall–Kier alpha value is -1.09. The van der Waals surface area contributed by atoms with Crippen LogP contribution in [0.15, 0.2) is 18.2 Å². The molecule has 0 atom stereocenters. The summed E-state index contributed by atoms with van der Waals surface area (Å²) < 4.78 is 17.6. The zero-order chi connectivity index (χ0) is 11.3. The third-order valence-electron chi connectivity index (χ3n) is 1.88. The number of rotatable bonds is 4. The first-order valence-corrected chi connectivity index (χ1v) is 5.15. The molecule has 1 aromatic rings. The smallest absolute Gasteiger partial charge is 0.339 e. The van der Waals surface area contributed by atoms with Gasteiger partial charge in [0.2, 0.25) is 0 Å². The van der Waals surface area contributed by atoms with E-state index < -0.39 is 11.8 Å². The predicted molar refractivity (Wildman–Crippen MR) is 56.6 cm³/mol. The fourth-order valence-electron chi connectivity index (χ4n) is 1.04. The Kier molecular flexibility index (Phi) is 4.56. The number of esters is 1. The second-order valence-electron chi connectivity index (χ2n) is 3.11. The number of carbonyl (C=O) groups is 1. The highest BCUT2D eigenvalue weighted by atomic mass is 35.5. The Morgan fingerprint density at radius 1 is 1.53 bits per heavy atom. The summed E-state index contributed by atoms with van der Waals surface area (Å²) in [7, 11) is 0. The van der Waals surface area contributed by atoms with Gasteiger partial charge >= 0.3 is 5.97 Å². The minimum Gasteiger partial charge on any atom is -0.462 e. The number of hydrogen-bond donors (Lipinski definition) is 0. The van der Waals surface area contributed by atoms with Gasteiger partial charge in [0.05, 0.1) is 17.2 Å². The summed E-state index contributed by atoms with van der Waals surface area (Å²) in [6.07, 6.45) is 1.76. The van der Waals surface area contributed by atoms with E-state index in [0.29, 0.717) is 6.61 Å². The first-order valence-electron chi connectivity index (χ1n) is 4.77. The van der Waals surface area contributed by atoms with Crippen LogP contribution in [-0.2, 0) is 4.74 Å². The van der Waals surface area contributed by atoms with E-state index >= 15 is 0 Å². The molecule has 1 aromatic carbocycles. The van der Waals surface area contributed by atoms with Crippen LogP contribution < -0.4 is 0 Å². The lowest BCUT2D eigenvalue weighted by molar-refractivity contribution is 0.0500. The summed E-state index contributed by atoms with van der Waals surface area (Å²) in [5.41, 5.74) is 0.203. The van der Waals surface area contributed by atoms with Gasteiger partial charge in [0, 0.05) is 0 Å². The van der Waals surface area contributed by atoms with Crippen LogP contribution in [0.25, 0.3) is 0 Å². The molecule has 2 nitrogen and oxygen atoms in total. The maximum absolute atomic E-state index is 12.7. The molecule has 0 unspecified atom stereocenters. The zero-order valence-electron chi connectivity index (χ0n) is 8.43. The lowest BCUT2D eigenvalue weighted by atomic mass is 10.2. The Morgan fingerprint density at radius 3 is 2.87 bits per heavy atom. The quantitative estimate of drug-likeness (QED) is 0.585. The average molecular weight is 231 g/mol. The maximum atomic E-state index is 12.7. The van der Waals surface area contributed by atoms with Gasteiger partial charge in [-0.05, 0) is 24.6 Å². The first-order chi connectivity index (χ1) is 7.15. The molecule has 0 saturated carbocycles. The van der Waals surface area contributed by atoms with Gasteiger partial charge in [-0.1, -0.05) is 24.9 Å². The first kappa shape index (κ1) is 12.0. The average Bonchev–Trinajstić information content (AvgIpc) is 2.17. The van der Waals surface area contributed by atoms with Crippen LogP contribution in [0.3, 0.4) is 0 Å². The molecule has 1 rings (SSSR count). The van der Waals surface area contributed by atoms with Crippen molar-refractivity contribution >= 4 is 17.6 Å². The van der Waals surface area contributed by atoms with Crippen molar-refractivity contribution in [1.82, 2.24) is 0 Å². The summed E-state index contributed by atoms with van der Waals surface area (Å²) in [5.74, 6) is -0.974. The Morgan fingerprint density at radius 2 is 2.27 bits per heavy atom. The van der Waals surface area contributed by atoms with Crippen molar-refractivity contribution in [2.45, 2.75) is 19.8 Å². The Balaban J connectivity index is 2.65. The Labute approximate surface area is 93.0 Å². The van der Waals surface area contributed by atoms with E-state index in [9.17, 15) is 9.18 Å². The molecular weight excluding hydrogens is 219 g/mol. The van der Waals surface area contributed by atoms with Gasteiger partial charge in [0.1, 0.15) is 5.82 Å². The Bertz CT molecular complexity index is 352. The van der Waals surface area contributed by atoms with E-state index in [0.717, 1.165) is 18.9 Å². The second kappa shape index (κ2) is 5.71. The molecule has 4 heteroatoms. The maximum Gasteiger partial charge on any atom is 0.339 e. The van der Waals surface area contributed by atoms with Gasteiger partial charge in [0.15, 0.2) is 0 Å². The molecule has 0 heterocycles. The highest BCUT2D eigenvalue weighted by Gasteiger charge is 2.11.